The van der Waals surface area contributed by atoms with Gasteiger partial charge in [-0.15, -0.1) is 0 Å². The van der Waals surface area contributed by atoms with Gasteiger partial charge in [0.15, 0.2) is 6.61 Å². The summed E-state index contributed by atoms with van der Waals surface area (Å²) in [5.74, 6) is 1.07. The lowest BCUT2D eigenvalue weighted by Crippen LogP contribution is -2.53. The zero-order valence-corrected chi connectivity index (χ0v) is 20.2. The molecule has 0 saturated carbocycles. The molecule has 8 nitrogen and oxygen atoms in total. The molecule has 0 aromatic heterocycles. The van der Waals surface area contributed by atoms with E-state index in [1.807, 2.05) is 40.1 Å². The highest BCUT2D eigenvalue weighted by molar-refractivity contribution is 5.81. The number of amides is 3. The molecule has 3 fully saturated rings. The van der Waals surface area contributed by atoms with E-state index in [0.29, 0.717) is 51.3 Å². The number of ether oxygens (including phenoxy) is 1. The van der Waals surface area contributed by atoms with Gasteiger partial charge in [0.25, 0.3) is 5.91 Å². The van der Waals surface area contributed by atoms with Crippen LogP contribution in [0.1, 0.15) is 38.5 Å². The van der Waals surface area contributed by atoms with E-state index in [9.17, 15) is 14.4 Å². The Morgan fingerprint density at radius 2 is 1.32 bits per heavy atom. The number of hydrogen-bond donors (Lipinski definition) is 0. The molecular formula is C26H38N4O4. The average molecular weight is 471 g/mol. The predicted octanol–water partition coefficient (Wildman–Crippen LogP) is 1.85. The van der Waals surface area contributed by atoms with Gasteiger partial charge in [0.1, 0.15) is 5.75 Å². The van der Waals surface area contributed by atoms with Crippen molar-refractivity contribution in [3.05, 3.63) is 30.3 Å². The van der Waals surface area contributed by atoms with Crippen LogP contribution in [0, 0.1) is 5.92 Å². The van der Waals surface area contributed by atoms with Crippen LogP contribution in [0.2, 0.25) is 0 Å². The van der Waals surface area contributed by atoms with Crippen LogP contribution in [-0.2, 0) is 14.4 Å². The van der Waals surface area contributed by atoms with E-state index >= 15 is 0 Å². The zero-order chi connectivity index (χ0) is 23.8. The summed E-state index contributed by atoms with van der Waals surface area (Å²) in [4.78, 5) is 46.2. The summed E-state index contributed by atoms with van der Waals surface area (Å²) in [6.45, 7) is 6.31. The summed E-state index contributed by atoms with van der Waals surface area (Å²) >= 11 is 0. The molecule has 0 unspecified atom stereocenters. The van der Waals surface area contributed by atoms with E-state index in [0.717, 1.165) is 39.0 Å². The number of benzene rings is 1. The number of nitrogens with zero attached hydrogens (tertiary/aromatic N) is 4. The summed E-state index contributed by atoms with van der Waals surface area (Å²) in [6, 6.07) is 9.34. The first-order valence-corrected chi connectivity index (χ1v) is 12.8. The molecule has 3 aliphatic heterocycles. The van der Waals surface area contributed by atoms with Crippen molar-refractivity contribution in [2.24, 2.45) is 5.92 Å². The maximum atomic E-state index is 13.1. The molecule has 1 aromatic rings. The highest BCUT2D eigenvalue weighted by Crippen LogP contribution is 2.21. The lowest BCUT2D eigenvalue weighted by atomic mass is 9.95. The minimum Gasteiger partial charge on any atom is -0.484 e. The molecule has 34 heavy (non-hydrogen) atoms. The summed E-state index contributed by atoms with van der Waals surface area (Å²) < 4.78 is 5.57. The topological polar surface area (TPSA) is 73.4 Å². The van der Waals surface area contributed by atoms with Gasteiger partial charge in [-0.1, -0.05) is 31.0 Å². The summed E-state index contributed by atoms with van der Waals surface area (Å²) in [5.41, 5.74) is 0. The second-order valence-electron chi connectivity index (χ2n) is 9.65. The molecule has 3 amide bonds. The maximum absolute atomic E-state index is 13.1. The quantitative estimate of drug-likeness (QED) is 0.635. The fraction of sp³-hybridized carbons (Fsp3) is 0.654. The molecule has 1 aromatic carbocycles. The van der Waals surface area contributed by atoms with Crippen molar-refractivity contribution in [2.45, 2.75) is 38.5 Å². The third-order valence-electron chi connectivity index (χ3n) is 7.30. The van der Waals surface area contributed by atoms with E-state index in [2.05, 4.69) is 4.90 Å². The van der Waals surface area contributed by atoms with Crippen molar-refractivity contribution >= 4 is 17.7 Å². The van der Waals surface area contributed by atoms with Gasteiger partial charge in [0.05, 0.1) is 6.54 Å². The van der Waals surface area contributed by atoms with Crippen LogP contribution in [0.15, 0.2) is 30.3 Å². The van der Waals surface area contributed by atoms with Gasteiger partial charge in [-0.3, -0.25) is 19.3 Å². The van der Waals surface area contributed by atoms with Gasteiger partial charge < -0.3 is 19.4 Å². The van der Waals surface area contributed by atoms with Crippen molar-refractivity contribution in [3.63, 3.8) is 0 Å². The highest BCUT2D eigenvalue weighted by atomic mass is 16.5. The average Bonchev–Trinajstić information content (AvgIpc) is 3.18. The summed E-state index contributed by atoms with van der Waals surface area (Å²) in [5, 5.41) is 0. The SMILES string of the molecule is O=C(COc1ccccc1)N1CCC(C(=O)N2CCN(CC(=O)N3CCCCCC3)CC2)CC1. The van der Waals surface area contributed by atoms with Crippen LogP contribution in [0.5, 0.6) is 5.75 Å². The smallest absolute Gasteiger partial charge is 0.260 e. The Kier molecular flexibility index (Phi) is 8.79. The first-order chi connectivity index (χ1) is 16.6. The molecule has 0 N–H and O–H groups in total. The Morgan fingerprint density at radius 3 is 1.97 bits per heavy atom. The molecule has 0 aliphatic carbocycles. The molecule has 0 spiro atoms. The lowest BCUT2D eigenvalue weighted by Gasteiger charge is -2.38. The highest BCUT2D eigenvalue weighted by Gasteiger charge is 2.32. The van der Waals surface area contributed by atoms with Crippen molar-refractivity contribution in [3.8, 4) is 5.75 Å². The van der Waals surface area contributed by atoms with E-state index < -0.39 is 0 Å². The van der Waals surface area contributed by atoms with Crippen LogP contribution < -0.4 is 4.74 Å². The Labute approximate surface area is 202 Å². The van der Waals surface area contributed by atoms with Crippen molar-refractivity contribution in [2.75, 3.05) is 65.5 Å². The molecule has 8 heteroatoms. The monoisotopic (exact) mass is 470 g/mol. The third kappa shape index (κ3) is 6.72. The fourth-order valence-electron chi connectivity index (χ4n) is 5.12. The van der Waals surface area contributed by atoms with Crippen molar-refractivity contribution < 1.29 is 19.1 Å². The molecular weight excluding hydrogens is 432 g/mol. The van der Waals surface area contributed by atoms with E-state index in [1.165, 1.54) is 12.8 Å². The Balaban J connectivity index is 1.15. The van der Waals surface area contributed by atoms with Crippen molar-refractivity contribution in [1.82, 2.24) is 19.6 Å². The number of piperidine rings is 1. The fourth-order valence-corrected chi connectivity index (χ4v) is 5.12. The van der Waals surface area contributed by atoms with Crippen LogP contribution >= 0.6 is 0 Å². The molecule has 0 radical (unpaired) electrons. The number of piperazine rings is 1. The van der Waals surface area contributed by atoms with Gasteiger partial charge in [-0.2, -0.15) is 0 Å². The molecule has 3 saturated heterocycles. The molecule has 186 valence electrons. The number of hydrogen-bond acceptors (Lipinski definition) is 5. The zero-order valence-electron chi connectivity index (χ0n) is 20.2. The predicted molar refractivity (Wildman–Crippen MR) is 129 cm³/mol. The number of rotatable bonds is 6. The van der Waals surface area contributed by atoms with Crippen LogP contribution in [0.3, 0.4) is 0 Å². The van der Waals surface area contributed by atoms with Crippen LogP contribution in [-0.4, -0.2) is 103 Å². The van der Waals surface area contributed by atoms with E-state index in [4.69, 9.17) is 4.74 Å². The lowest BCUT2D eigenvalue weighted by molar-refractivity contribution is -0.143. The Bertz CT molecular complexity index is 809. The summed E-state index contributed by atoms with van der Waals surface area (Å²) in [6.07, 6.45) is 6.06. The first kappa shape index (κ1) is 24.5. The Hall–Kier alpha value is -2.61. The summed E-state index contributed by atoms with van der Waals surface area (Å²) in [7, 11) is 0. The minimum atomic E-state index is -0.0301. The molecule has 3 aliphatic rings. The molecule has 0 bridgehead atoms. The van der Waals surface area contributed by atoms with E-state index in [1.54, 1.807) is 4.90 Å². The normalized spacial score (nSPS) is 20.6. The largest absolute Gasteiger partial charge is 0.484 e. The van der Waals surface area contributed by atoms with Gasteiger partial charge in [-0.05, 0) is 37.8 Å². The second-order valence-corrected chi connectivity index (χ2v) is 9.65. The van der Waals surface area contributed by atoms with Gasteiger partial charge in [0, 0.05) is 58.3 Å². The van der Waals surface area contributed by atoms with Gasteiger partial charge >= 0.3 is 0 Å². The molecule has 4 rings (SSSR count). The third-order valence-corrected chi connectivity index (χ3v) is 7.30. The standard InChI is InChI=1S/C26H38N4O4/c31-24(28-12-6-1-2-7-13-28)20-27-16-18-30(19-17-27)26(33)22-10-14-29(15-11-22)25(32)21-34-23-8-4-3-5-9-23/h3-5,8-9,22H,1-2,6-7,10-21H2. The number of likely N-dealkylation sites (tertiary alicyclic amines) is 2. The minimum absolute atomic E-state index is 0.0237. The molecule has 3 heterocycles. The van der Waals surface area contributed by atoms with Crippen LogP contribution in [0.4, 0.5) is 0 Å². The number of carbonyl (C=O) groups is 3. The van der Waals surface area contributed by atoms with Gasteiger partial charge in [-0.25, -0.2) is 0 Å². The second kappa shape index (κ2) is 12.2. The van der Waals surface area contributed by atoms with Gasteiger partial charge in [0.2, 0.25) is 11.8 Å². The molecule has 0 atom stereocenters. The van der Waals surface area contributed by atoms with Crippen LogP contribution in [0.25, 0.3) is 0 Å². The maximum Gasteiger partial charge on any atom is 0.260 e. The number of para-hydroxylation sites is 1. The first-order valence-electron chi connectivity index (χ1n) is 12.8. The van der Waals surface area contributed by atoms with Crippen molar-refractivity contribution in [1.29, 1.82) is 0 Å². The number of carbonyl (C=O) groups excluding carboxylic acids is 3. The van der Waals surface area contributed by atoms with E-state index in [-0.39, 0.29) is 30.2 Å². The Morgan fingerprint density at radius 1 is 0.706 bits per heavy atom.